The number of carbonyl (C=O) groups excluding carboxylic acids is 1. The van der Waals surface area contributed by atoms with Gasteiger partial charge < -0.3 is 9.84 Å². The van der Waals surface area contributed by atoms with Crippen molar-refractivity contribution in [1.29, 1.82) is 0 Å². The molecule has 4 saturated carbocycles. The van der Waals surface area contributed by atoms with Crippen LogP contribution >= 0.6 is 0 Å². The molecular weight excluding hydrogens is 326 g/mol. The lowest BCUT2D eigenvalue weighted by Gasteiger charge is -2.69. The molecule has 2 aliphatic heterocycles. The van der Waals surface area contributed by atoms with Gasteiger partial charge in [0.05, 0.1) is 12.2 Å². The highest BCUT2D eigenvalue weighted by Gasteiger charge is 2.88. The molecule has 6 aliphatic carbocycles. The van der Waals surface area contributed by atoms with E-state index < -0.39 is 5.60 Å². The van der Waals surface area contributed by atoms with Gasteiger partial charge in [0.25, 0.3) is 0 Å². The van der Waals surface area contributed by atoms with Gasteiger partial charge in [0.15, 0.2) is 0 Å². The molecule has 140 valence electrons. The molecule has 8 rings (SSSR count). The SMILES string of the molecule is CC1=C[C@@]23CC(=O)[C@@H]4[C@@]5(C)CCC[C@]46[C@H]([C@H]2C[C@H]1C[C@@]63O)N1CCO[C@H]15. The van der Waals surface area contributed by atoms with E-state index in [1.54, 1.807) is 0 Å². The van der Waals surface area contributed by atoms with Crippen molar-refractivity contribution >= 4 is 5.78 Å². The van der Waals surface area contributed by atoms with Crippen molar-refractivity contribution in [2.75, 3.05) is 13.2 Å². The number of aliphatic hydroxyl groups is 1. The third-order valence-corrected chi connectivity index (χ3v) is 10.4. The average molecular weight is 355 g/mol. The van der Waals surface area contributed by atoms with Crippen LogP contribution in [0.15, 0.2) is 11.6 Å². The lowest BCUT2D eigenvalue weighted by Crippen LogP contribution is -2.76. The van der Waals surface area contributed by atoms with Crippen molar-refractivity contribution in [2.45, 2.75) is 70.2 Å². The van der Waals surface area contributed by atoms with E-state index in [9.17, 15) is 9.90 Å². The van der Waals surface area contributed by atoms with Crippen molar-refractivity contribution in [1.82, 2.24) is 4.90 Å². The van der Waals surface area contributed by atoms with Crippen LogP contribution in [0.25, 0.3) is 0 Å². The summed E-state index contributed by atoms with van der Waals surface area (Å²) in [5.74, 6) is 1.36. The summed E-state index contributed by atoms with van der Waals surface area (Å²) in [6.45, 7) is 6.30. The first-order valence-electron chi connectivity index (χ1n) is 10.7. The molecule has 0 aromatic rings. The second kappa shape index (κ2) is 4.01. The van der Waals surface area contributed by atoms with E-state index >= 15 is 0 Å². The first kappa shape index (κ1) is 15.2. The van der Waals surface area contributed by atoms with Gasteiger partial charge in [-0.3, -0.25) is 9.69 Å². The largest absolute Gasteiger partial charge is 0.388 e. The van der Waals surface area contributed by atoms with Crippen LogP contribution in [0.3, 0.4) is 0 Å². The van der Waals surface area contributed by atoms with Gasteiger partial charge in [0.2, 0.25) is 0 Å². The van der Waals surface area contributed by atoms with Crippen molar-refractivity contribution in [3.63, 3.8) is 0 Å². The fourth-order valence-electron chi connectivity index (χ4n) is 10.1. The third-order valence-electron chi connectivity index (χ3n) is 10.4. The topological polar surface area (TPSA) is 49.8 Å². The maximum absolute atomic E-state index is 13.7. The number of rotatable bonds is 0. The minimum atomic E-state index is -0.689. The van der Waals surface area contributed by atoms with Crippen LogP contribution < -0.4 is 0 Å². The Hall–Kier alpha value is -0.710. The summed E-state index contributed by atoms with van der Waals surface area (Å²) in [5, 5.41) is 12.5. The summed E-state index contributed by atoms with van der Waals surface area (Å²) >= 11 is 0. The quantitative estimate of drug-likeness (QED) is 0.679. The van der Waals surface area contributed by atoms with Crippen LogP contribution in [0, 0.1) is 34.0 Å². The zero-order valence-corrected chi connectivity index (χ0v) is 15.8. The maximum atomic E-state index is 13.7. The monoisotopic (exact) mass is 355 g/mol. The molecule has 26 heavy (non-hydrogen) atoms. The number of Topliss-reactive ketones (excluding diaryl/α,β-unsaturated/α-hetero) is 1. The molecule has 1 N–H and O–H groups in total. The lowest BCUT2D eigenvalue weighted by atomic mass is 9.38. The average Bonchev–Trinajstić information content (AvgIpc) is 3.05. The predicted molar refractivity (Wildman–Crippen MR) is 95.1 cm³/mol. The molecule has 9 atom stereocenters. The van der Waals surface area contributed by atoms with Gasteiger partial charge in [0.1, 0.15) is 12.0 Å². The van der Waals surface area contributed by atoms with Gasteiger partial charge in [-0.2, -0.15) is 0 Å². The van der Waals surface area contributed by atoms with Crippen LogP contribution in [0.5, 0.6) is 0 Å². The second-order valence-electron chi connectivity index (χ2n) is 10.9. The molecule has 6 bridgehead atoms. The van der Waals surface area contributed by atoms with Crippen LogP contribution in [0.2, 0.25) is 0 Å². The number of ketones is 1. The molecule has 0 unspecified atom stereocenters. The first-order valence-corrected chi connectivity index (χ1v) is 10.7. The highest BCUT2D eigenvalue weighted by molar-refractivity contribution is 5.88. The fraction of sp³-hybridized carbons (Fsp3) is 0.864. The van der Waals surface area contributed by atoms with E-state index in [2.05, 4.69) is 24.8 Å². The molecular formula is C22H29NO3. The van der Waals surface area contributed by atoms with Gasteiger partial charge >= 0.3 is 0 Å². The van der Waals surface area contributed by atoms with Gasteiger partial charge in [-0.25, -0.2) is 0 Å². The molecule has 0 aromatic carbocycles. The summed E-state index contributed by atoms with van der Waals surface area (Å²) in [6.07, 6.45) is 8.30. The minimum Gasteiger partial charge on any atom is -0.388 e. The van der Waals surface area contributed by atoms with Crippen molar-refractivity contribution < 1.29 is 14.6 Å². The number of piperidine rings is 1. The fourth-order valence-corrected chi connectivity index (χ4v) is 10.1. The Balaban J connectivity index is 1.59. The van der Waals surface area contributed by atoms with Gasteiger partial charge in [0, 0.05) is 41.2 Å². The van der Waals surface area contributed by atoms with Crippen molar-refractivity contribution in [3.8, 4) is 0 Å². The lowest BCUT2D eigenvalue weighted by molar-refractivity contribution is -0.275. The van der Waals surface area contributed by atoms with Gasteiger partial charge in [-0.15, -0.1) is 0 Å². The van der Waals surface area contributed by atoms with Crippen LogP contribution in [0.1, 0.15) is 52.4 Å². The number of allylic oxidation sites excluding steroid dienone is 1. The summed E-state index contributed by atoms with van der Waals surface area (Å²) < 4.78 is 6.31. The Morgan fingerprint density at radius 3 is 3.04 bits per heavy atom. The molecule has 4 heteroatoms. The van der Waals surface area contributed by atoms with Gasteiger partial charge in [-0.1, -0.05) is 25.0 Å². The molecule has 2 spiro atoms. The molecule has 0 radical (unpaired) electrons. The Kier molecular flexibility index (Phi) is 2.35. The predicted octanol–water partition coefficient (Wildman–Crippen LogP) is 2.51. The van der Waals surface area contributed by atoms with E-state index in [1.807, 2.05) is 0 Å². The molecule has 6 fully saturated rings. The Morgan fingerprint density at radius 2 is 2.19 bits per heavy atom. The molecule has 0 aromatic heterocycles. The second-order valence-corrected chi connectivity index (χ2v) is 10.9. The van der Waals surface area contributed by atoms with Crippen molar-refractivity contribution in [2.24, 2.45) is 34.0 Å². The number of hydrogen-bond acceptors (Lipinski definition) is 4. The standard InChI is InChI=1S/C22H29NO3/c1-12-9-20-11-15(24)16-19(2)4-3-5-21(16)17(23-6-7-26-18(19)23)14(20)8-13(12)10-22(20,21)25/h9,13-14,16-18,25H,3-8,10-11H2,1-2H3/t13-,14+,16+,17-,18-,19+,20+,21+,22-/m0/s1. The smallest absolute Gasteiger partial charge is 0.138 e. The zero-order chi connectivity index (χ0) is 17.7. The Labute approximate surface area is 155 Å². The third kappa shape index (κ3) is 1.15. The molecule has 4 nitrogen and oxygen atoms in total. The van der Waals surface area contributed by atoms with E-state index in [0.29, 0.717) is 30.1 Å². The van der Waals surface area contributed by atoms with E-state index in [0.717, 1.165) is 45.3 Å². The highest BCUT2D eigenvalue weighted by atomic mass is 16.5. The Morgan fingerprint density at radius 1 is 1.35 bits per heavy atom. The summed E-state index contributed by atoms with van der Waals surface area (Å²) in [6, 6.07) is 0.333. The first-order chi connectivity index (χ1) is 12.4. The molecule has 2 heterocycles. The molecule has 8 aliphatic rings. The van der Waals surface area contributed by atoms with Crippen molar-refractivity contribution in [3.05, 3.63) is 11.6 Å². The summed E-state index contributed by atoms with van der Waals surface area (Å²) in [7, 11) is 0. The number of nitrogens with zero attached hydrogens (tertiary/aromatic N) is 1. The van der Waals surface area contributed by atoms with E-state index in [-0.39, 0.29) is 28.4 Å². The molecule has 2 saturated heterocycles. The Bertz CT molecular complexity index is 792. The molecule has 0 amide bonds. The number of hydrogen-bond donors (Lipinski definition) is 1. The minimum absolute atomic E-state index is 0.0122. The highest BCUT2D eigenvalue weighted by Crippen LogP contribution is 2.83. The van der Waals surface area contributed by atoms with Crippen LogP contribution in [0.4, 0.5) is 0 Å². The normalized spacial score (nSPS) is 64.5. The zero-order valence-electron chi connectivity index (χ0n) is 15.8. The van der Waals surface area contributed by atoms with Crippen LogP contribution in [-0.4, -0.2) is 46.8 Å². The van der Waals surface area contributed by atoms with Gasteiger partial charge in [-0.05, 0) is 44.4 Å². The number of carbonyl (C=O) groups is 1. The summed E-state index contributed by atoms with van der Waals surface area (Å²) in [4.78, 5) is 16.3. The summed E-state index contributed by atoms with van der Waals surface area (Å²) in [5.41, 5.74) is 0.0662. The van der Waals surface area contributed by atoms with E-state index in [1.165, 1.54) is 5.57 Å². The van der Waals surface area contributed by atoms with E-state index in [4.69, 9.17) is 4.74 Å². The number of fused-ring (bicyclic) bond motifs is 3. The number of ether oxygens (including phenoxy) is 1. The maximum Gasteiger partial charge on any atom is 0.138 e. The van der Waals surface area contributed by atoms with Crippen LogP contribution in [-0.2, 0) is 9.53 Å².